The van der Waals surface area contributed by atoms with Crippen LogP contribution in [0.5, 0.6) is 5.75 Å². The van der Waals surface area contributed by atoms with E-state index in [1.807, 2.05) is 0 Å². The van der Waals surface area contributed by atoms with Gasteiger partial charge >= 0.3 is 5.63 Å². The van der Waals surface area contributed by atoms with Crippen LogP contribution in [0.15, 0.2) is 27.4 Å². The summed E-state index contributed by atoms with van der Waals surface area (Å²) in [6, 6.07) is 4.28. The van der Waals surface area contributed by atoms with Crippen LogP contribution in [-0.4, -0.2) is 13.0 Å². The molecule has 1 aromatic carbocycles. The molecule has 1 heterocycles. The highest BCUT2D eigenvalue weighted by molar-refractivity contribution is 7.81. The fourth-order valence-electron chi connectivity index (χ4n) is 2.77. The van der Waals surface area contributed by atoms with Crippen molar-refractivity contribution in [3.8, 4) is 5.75 Å². The zero-order valence-electron chi connectivity index (χ0n) is 11.1. The molecule has 0 unspecified atom stereocenters. The van der Waals surface area contributed by atoms with E-state index in [0.29, 0.717) is 12.0 Å². The number of hydrogen-bond acceptors (Lipinski definition) is 6. The van der Waals surface area contributed by atoms with Gasteiger partial charge in [-0.1, -0.05) is 6.42 Å². The third-order valence-corrected chi connectivity index (χ3v) is 4.04. The summed E-state index contributed by atoms with van der Waals surface area (Å²) in [5, 5.41) is 0.766. The van der Waals surface area contributed by atoms with Crippen molar-refractivity contribution in [2.45, 2.75) is 32.1 Å². The van der Waals surface area contributed by atoms with Gasteiger partial charge in [0, 0.05) is 17.0 Å². The second-order valence-corrected chi connectivity index (χ2v) is 6.04. The Kier molecular flexibility index (Phi) is 3.46. The smallest absolute Gasteiger partial charge is 0.339 e. The third kappa shape index (κ3) is 2.93. The average Bonchev–Trinajstić information content (AvgIpc) is 2.62. The van der Waals surface area contributed by atoms with Crippen LogP contribution >= 0.6 is 0 Å². The predicted octanol–water partition coefficient (Wildman–Crippen LogP) is 1.90. The molecule has 0 spiro atoms. The maximum absolute atomic E-state index is 12.0. The summed E-state index contributed by atoms with van der Waals surface area (Å²) >= 11 is 0. The molecule has 0 atom stereocenters. The maximum Gasteiger partial charge on any atom is 0.339 e. The van der Waals surface area contributed by atoms with Gasteiger partial charge in [-0.05, 0) is 43.4 Å². The first-order chi connectivity index (χ1) is 9.94. The number of aryl methyl sites for hydroxylation is 1. The molecule has 3 rings (SSSR count). The maximum atomic E-state index is 12.0. The molecule has 0 saturated carbocycles. The molecule has 0 fully saturated rings. The van der Waals surface area contributed by atoms with Crippen molar-refractivity contribution in [1.82, 2.24) is 0 Å². The Balaban J connectivity index is 2.18. The van der Waals surface area contributed by atoms with E-state index in [9.17, 15) is 17.8 Å². The Labute approximate surface area is 121 Å². The molecule has 2 aromatic rings. The van der Waals surface area contributed by atoms with Gasteiger partial charge in [-0.15, -0.1) is 0 Å². The number of benzene rings is 1. The van der Waals surface area contributed by atoms with E-state index in [2.05, 4.69) is 4.18 Å². The lowest BCUT2D eigenvalue weighted by Crippen LogP contribution is -2.11. The summed E-state index contributed by atoms with van der Waals surface area (Å²) in [6.07, 6.45) is 4.50. The summed E-state index contributed by atoms with van der Waals surface area (Å²) in [4.78, 5) is 12.0. The monoisotopic (exact) mass is 309 g/mol. The molecule has 0 saturated heterocycles. The normalized spacial score (nSPS) is 15.5. The molecular weight excluding hydrogens is 296 g/mol. The van der Waals surface area contributed by atoms with Crippen molar-refractivity contribution in [1.29, 1.82) is 0 Å². The standard InChI is InChI=1S/C14H14O6S/c15-14-12-5-3-1-2-4-10(12)11-7-6-9(8-13(11)19-14)20-21(16,17)18/h6-8H,1-5H2,(H,16,17,18)/p-1. The molecule has 1 aromatic heterocycles. The Morgan fingerprint density at radius 2 is 1.81 bits per heavy atom. The minimum Gasteiger partial charge on any atom is -0.716 e. The van der Waals surface area contributed by atoms with Gasteiger partial charge in [-0.3, -0.25) is 0 Å². The summed E-state index contributed by atoms with van der Waals surface area (Å²) in [6.45, 7) is 0. The third-order valence-electron chi connectivity index (χ3n) is 3.64. The first-order valence-corrected chi connectivity index (χ1v) is 8.01. The van der Waals surface area contributed by atoms with Crippen LogP contribution in [0, 0.1) is 0 Å². The van der Waals surface area contributed by atoms with E-state index in [1.165, 1.54) is 12.1 Å². The lowest BCUT2D eigenvalue weighted by atomic mass is 10.0. The topological polar surface area (TPSA) is 96.6 Å². The van der Waals surface area contributed by atoms with E-state index in [4.69, 9.17) is 4.42 Å². The second kappa shape index (κ2) is 5.16. The van der Waals surface area contributed by atoms with E-state index < -0.39 is 16.0 Å². The summed E-state index contributed by atoms with van der Waals surface area (Å²) < 4.78 is 41.3. The minimum absolute atomic E-state index is 0.158. The highest BCUT2D eigenvalue weighted by Crippen LogP contribution is 2.28. The average molecular weight is 309 g/mol. The molecule has 1 aliphatic carbocycles. The molecular formula is C14H13O6S-. The Bertz CT molecular complexity index is 850. The predicted molar refractivity (Wildman–Crippen MR) is 74.1 cm³/mol. The Hall–Kier alpha value is -1.86. The number of rotatable bonds is 2. The van der Waals surface area contributed by atoms with Crippen molar-refractivity contribution < 1.29 is 21.6 Å². The lowest BCUT2D eigenvalue weighted by molar-refractivity contribution is 0.372. The highest BCUT2D eigenvalue weighted by atomic mass is 32.3. The SMILES string of the molecule is O=c1oc2cc(OS(=O)(=O)[O-])ccc2c2c1CCCCC2. The molecule has 21 heavy (non-hydrogen) atoms. The van der Waals surface area contributed by atoms with Crippen LogP contribution in [-0.2, 0) is 23.2 Å². The Morgan fingerprint density at radius 3 is 2.52 bits per heavy atom. The van der Waals surface area contributed by atoms with Crippen LogP contribution in [0.3, 0.4) is 0 Å². The quantitative estimate of drug-likeness (QED) is 0.364. The van der Waals surface area contributed by atoms with E-state index in [1.54, 1.807) is 6.07 Å². The van der Waals surface area contributed by atoms with Crippen molar-refractivity contribution in [3.63, 3.8) is 0 Å². The molecule has 0 aliphatic heterocycles. The molecule has 0 N–H and O–H groups in total. The summed E-state index contributed by atoms with van der Waals surface area (Å²) in [5.41, 5.74) is 1.49. The largest absolute Gasteiger partial charge is 0.716 e. The van der Waals surface area contributed by atoms with Crippen molar-refractivity contribution in [3.05, 3.63) is 39.7 Å². The van der Waals surface area contributed by atoms with Crippen molar-refractivity contribution in [2.24, 2.45) is 0 Å². The second-order valence-electron chi connectivity index (χ2n) is 5.06. The summed E-state index contributed by atoms with van der Waals surface area (Å²) in [5.74, 6) is -0.158. The van der Waals surface area contributed by atoms with Gasteiger partial charge in [0.25, 0.3) is 10.4 Å². The van der Waals surface area contributed by atoms with Gasteiger partial charge in [-0.2, -0.15) is 0 Å². The van der Waals surface area contributed by atoms with E-state index in [0.717, 1.165) is 36.6 Å². The van der Waals surface area contributed by atoms with Gasteiger partial charge in [0.05, 0.1) is 0 Å². The molecule has 0 radical (unpaired) electrons. The van der Waals surface area contributed by atoms with E-state index in [-0.39, 0.29) is 11.3 Å². The first-order valence-electron chi connectivity index (χ1n) is 6.68. The van der Waals surface area contributed by atoms with Crippen molar-refractivity contribution >= 4 is 21.4 Å². The van der Waals surface area contributed by atoms with Gasteiger partial charge in [0.1, 0.15) is 11.3 Å². The van der Waals surface area contributed by atoms with Crippen LogP contribution in [0.4, 0.5) is 0 Å². The van der Waals surface area contributed by atoms with Gasteiger partial charge in [0.2, 0.25) is 0 Å². The zero-order chi connectivity index (χ0) is 15.0. The van der Waals surface area contributed by atoms with E-state index >= 15 is 0 Å². The van der Waals surface area contributed by atoms with Gasteiger partial charge in [-0.25, -0.2) is 13.2 Å². The fourth-order valence-corrected chi connectivity index (χ4v) is 3.11. The van der Waals surface area contributed by atoms with Gasteiger partial charge < -0.3 is 13.2 Å². The summed E-state index contributed by atoms with van der Waals surface area (Å²) in [7, 11) is -4.85. The minimum atomic E-state index is -4.85. The van der Waals surface area contributed by atoms with Crippen LogP contribution in [0.25, 0.3) is 11.0 Å². The van der Waals surface area contributed by atoms with Crippen LogP contribution < -0.4 is 9.81 Å². The fraction of sp³-hybridized carbons (Fsp3) is 0.357. The molecule has 1 aliphatic rings. The highest BCUT2D eigenvalue weighted by Gasteiger charge is 2.17. The van der Waals surface area contributed by atoms with Crippen LogP contribution in [0.1, 0.15) is 30.4 Å². The Morgan fingerprint density at radius 1 is 1.10 bits per heavy atom. The molecule has 0 amide bonds. The number of hydrogen-bond donors (Lipinski definition) is 0. The molecule has 7 heteroatoms. The zero-order valence-corrected chi connectivity index (χ0v) is 11.9. The number of fused-ring (bicyclic) bond motifs is 3. The van der Waals surface area contributed by atoms with Gasteiger partial charge in [0.15, 0.2) is 0 Å². The van der Waals surface area contributed by atoms with Crippen molar-refractivity contribution in [2.75, 3.05) is 0 Å². The van der Waals surface area contributed by atoms with Crippen LogP contribution in [0.2, 0.25) is 0 Å². The molecule has 112 valence electrons. The molecule has 6 nitrogen and oxygen atoms in total. The molecule has 0 bridgehead atoms. The lowest BCUT2D eigenvalue weighted by Gasteiger charge is -2.11. The first kappa shape index (κ1) is 14.1.